The first-order valence-corrected chi connectivity index (χ1v) is 11.8. The van der Waals surface area contributed by atoms with Crippen molar-refractivity contribution < 1.29 is 9.13 Å². The zero-order valence-corrected chi connectivity index (χ0v) is 19.4. The number of aromatic nitrogens is 3. The molecule has 0 aliphatic carbocycles. The fourth-order valence-corrected chi connectivity index (χ4v) is 4.27. The second-order valence-corrected chi connectivity index (χ2v) is 8.71. The fraction of sp³-hybridized carbons (Fsp3) is 0.269. The van der Waals surface area contributed by atoms with Crippen molar-refractivity contribution in [2.45, 2.75) is 12.8 Å². The summed E-state index contributed by atoms with van der Waals surface area (Å²) in [5.74, 6) is 0.747. The fourth-order valence-electron chi connectivity index (χ4n) is 4.09. The summed E-state index contributed by atoms with van der Waals surface area (Å²) in [7, 11) is 0. The number of nitrogens with one attached hydrogen (secondary N) is 1. The van der Waals surface area contributed by atoms with Crippen LogP contribution >= 0.6 is 11.6 Å². The molecule has 0 radical (unpaired) electrons. The Labute approximate surface area is 202 Å². The average molecular weight is 478 g/mol. The van der Waals surface area contributed by atoms with E-state index in [-0.39, 0.29) is 5.02 Å². The van der Waals surface area contributed by atoms with Crippen molar-refractivity contribution in [2.24, 2.45) is 0 Å². The zero-order chi connectivity index (χ0) is 23.3. The topological polar surface area (TPSA) is 63.2 Å². The Morgan fingerprint density at radius 2 is 1.94 bits per heavy atom. The summed E-state index contributed by atoms with van der Waals surface area (Å²) in [5, 5.41) is 4.27. The average Bonchev–Trinajstić information content (AvgIpc) is 2.87. The van der Waals surface area contributed by atoms with E-state index in [1.165, 1.54) is 11.6 Å². The van der Waals surface area contributed by atoms with E-state index in [9.17, 15) is 4.39 Å². The van der Waals surface area contributed by atoms with E-state index >= 15 is 0 Å². The number of nitrogens with zero attached hydrogens (tertiary/aromatic N) is 4. The van der Waals surface area contributed by atoms with E-state index in [0.29, 0.717) is 17.3 Å². The summed E-state index contributed by atoms with van der Waals surface area (Å²) in [6.45, 7) is 4.68. The van der Waals surface area contributed by atoms with Crippen LogP contribution in [0.1, 0.15) is 12.0 Å². The van der Waals surface area contributed by atoms with Gasteiger partial charge in [-0.05, 0) is 67.4 Å². The predicted molar refractivity (Wildman–Crippen MR) is 133 cm³/mol. The molecule has 1 fully saturated rings. The quantitative estimate of drug-likeness (QED) is 0.379. The zero-order valence-electron chi connectivity index (χ0n) is 18.7. The number of hydrogen-bond acceptors (Lipinski definition) is 6. The molecule has 5 rings (SSSR count). The van der Waals surface area contributed by atoms with Crippen LogP contribution in [0.2, 0.25) is 5.02 Å². The lowest BCUT2D eigenvalue weighted by Gasteiger charge is -2.26. The van der Waals surface area contributed by atoms with Crippen molar-refractivity contribution in [1.29, 1.82) is 0 Å². The smallest absolute Gasteiger partial charge is 0.163 e. The van der Waals surface area contributed by atoms with Gasteiger partial charge in [0.2, 0.25) is 0 Å². The Balaban J connectivity index is 1.45. The van der Waals surface area contributed by atoms with Crippen molar-refractivity contribution in [3.05, 3.63) is 77.3 Å². The third kappa shape index (κ3) is 5.33. The number of aryl methyl sites for hydroxylation is 1. The molecule has 0 saturated carbocycles. The molecule has 0 amide bonds. The van der Waals surface area contributed by atoms with Crippen LogP contribution in [-0.2, 0) is 11.2 Å². The second-order valence-electron chi connectivity index (χ2n) is 8.30. The highest BCUT2D eigenvalue weighted by Gasteiger charge is 2.13. The number of benzene rings is 2. The van der Waals surface area contributed by atoms with Gasteiger partial charge in [0.25, 0.3) is 0 Å². The Morgan fingerprint density at radius 1 is 1.06 bits per heavy atom. The highest BCUT2D eigenvalue weighted by Crippen LogP contribution is 2.29. The van der Waals surface area contributed by atoms with Crippen LogP contribution in [0.25, 0.3) is 22.3 Å². The van der Waals surface area contributed by atoms with E-state index in [4.69, 9.17) is 26.3 Å². The van der Waals surface area contributed by atoms with E-state index < -0.39 is 5.82 Å². The molecule has 174 valence electrons. The lowest BCUT2D eigenvalue weighted by atomic mass is 10.1. The highest BCUT2D eigenvalue weighted by atomic mass is 35.5. The molecule has 0 bridgehead atoms. The molecule has 6 nitrogen and oxygen atoms in total. The molecule has 34 heavy (non-hydrogen) atoms. The summed E-state index contributed by atoms with van der Waals surface area (Å²) >= 11 is 6.00. The highest BCUT2D eigenvalue weighted by molar-refractivity contribution is 6.31. The van der Waals surface area contributed by atoms with Crippen LogP contribution in [0.15, 0.2) is 60.9 Å². The van der Waals surface area contributed by atoms with Gasteiger partial charge in [-0.2, -0.15) is 0 Å². The minimum Gasteiger partial charge on any atom is -0.379 e. The van der Waals surface area contributed by atoms with Crippen LogP contribution in [-0.4, -0.2) is 52.7 Å². The van der Waals surface area contributed by atoms with Gasteiger partial charge in [-0.25, -0.2) is 14.4 Å². The maximum atomic E-state index is 13.7. The summed E-state index contributed by atoms with van der Waals surface area (Å²) < 4.78 is 19.1. The number of morpholine rings is 1. The van der Waals surface area contributed by atoms with Gasteiger partial charge >= 0.3 is 0 Å². The van der Waals surface area contributed by atoms with Crippen LogP contribution in [0, 0.1) is 5.82 Å². The van der Waals surface area contributed by atoms with Gasteiger partial charge in [-0.3, -0.25) is 9.88 Å². The second kappa shape index (κ2) is 10.4. The number of ether oxygens (including phenoxy) is 1. The number of anilines is 2. The Hall–Kier alpha value is -3.13. The molecule has 1 aliphatic rings. The molecular weight excluding hydrogens is 453 g/mol. The number of rotatable bonds is 7. The minimum atomic E-state index is -0.460. The largest absolute Gasteiger partial charge is 0.379 e. The van der Waals surface area contributed by atoms with E-state index in [1.807, 2.05) is 18.2 Å². The van der Waals surface area contributed by atoms with Gasteiger partial charge in [-0.1, -0.05) is 17.7 Å². The molecule has 0 spiro atoms. The minimum absolute atomic E-state index is 0.0552. The van der Waals surface area contributed by atoms with Gasteiger partial charge in [0.15, 0.2) is 5.82 Å². The van der Waals surface area contributed by atoms with E-state index in [1.54, 1.807) is 24.5 Å². The summed E-state index contributed by atoms with van der Waals surface area (Å²) in [5.41, 5.74) is 3.51. The lowest BCUT2D eigenvalue weighted by molar-refractivity contribution is 0.0375. The predicted octanol–water partition coefficient (Wildman–Crippen LogP) is 5.49. The van der Waals surface area contributed by atoms with Gasteiger partial charge in [0.1, 0.15) is 11.6 Å². The first-order chi connectivity index (χ1) is 16.7. The third-order valence-electron chi connectivity index (χ3n) is 5.91. The third-order valence-corrected chi connectivity index (χ3v) is 6.20. The summed E-state index contributed by atoms with van der Waals surface area (Å²) in [6, 6.07) is 14.6. The molecule has 8 heteroatoms. The van der Waals surface area contributed by atoms with Crippen molar-refractivity contribution >= 4 is 34.0 Å². The van der Waals surface area contributed by atoms with E-state index in [2.05, 4.69) is 27.3 Å². The van der Waals surface area contributed by atoms with Crippen molar-refractivity contribution in [1.82, 2.24) is 19.9 Å². The van der Waals surface area contributed by atoms with Gasteiger partial charge in [0, 0.05) is 42.1 Å². The molecule has 3 heterocycles. The van der Waals surface area contributed by atoms with E-state index in [0.717, 1.165) is 62.2 Å². The van der Waals surface area contributed by atoms with Crippen LogP contribution in [0.4, 0.5) is 15.9 Å². The Kier molecular flexibility index (Phi) is 6.94. The van der Waals surface area contributed by atoms with Crippen molar-refractivity contribution in [2.75, 3.05) is 38.2 Å². The molecule has 0 unspecified atom stereocenters. The molecule has 1 N–H and O–H groups in total. The van der Waals surface area contributed by atoms with Gasteiger partial charge < -0.3 is 10.1 Å². The summed E-state index contributed by atoms with van der Waals surface area (Å²) in [6.07, 6.45) is 5.48. The molecule has 2 aromatic heterocycles. The maximum Gasteiger partial charge on any atom is 0.163 e. The van der Waals surface area contributed by atoms with Gasteiger partial charge in [-0.15, -0.1) is 0 Å². The molecule has 2 aromatic carbocycles. The first kappa shape index (κ1) is 22.7. The number of pyridine rings is 1. The van der Waals surface area contributed by atoms with Crippen molar-refractivity contribution in [3.63, 3.8) is 0 Å². The number of halogens is 2. The van der Waals surface area contributed by atoms with Crippen LogP contribution in [0.3, 0.4) is 0 Å². The molecule has 1 saturated heterocycles. The van der Waals surface area contributed by atoms with Crippen LogP contribution in [0.5, 0.6) is 0 Å². The maximum absolute atomic E-state index is 13.7. The number of hydrogen-bond donors (Lipinski definition) is 1. The first-order valence-electron chi connectivity index (χ1n) is 11.4. The summed E-state index contributed by atoms with van der Waals surface area (Å²) in [4.78, 5) is 16.2. The standard InChI is InChI=1S/C26H25ClFN5O/c27-22-16-20(6-7-23(22)28)30-26-21-15-18(3-2-10-33-11-13-34-14-12-33)5-8-24(21)31-25(32-26)19-4-1-9-29-17-19/h1,4-9,15-17H,2-3,10-14H2,(H,30,31,32). The molecule has 1 aliphatic heterocycles. The SMILES string of the molecule is Fc1ccc(Nc2nc(-c3cccnc3)nc3ccc(CCCN4CCOCC4)cc23)cc1Cl. The molecule has 4 aromatic rings. The Morgan fingerprint density at radius 3 is 2.74 bits per heavy atom. The number of fused-ring (bicyclic) bond motifs is 1. The Bertz CT molecular complexity index is 1280. The van der Waals surface area contributed by atoms with Gasteiger partial charge in [0.05, 0.1) is 23.8 Å². The lowest BCUT2D eigenvalue weighted by Crippen LogP contribution is -2.36. The normalized spacial score (nSPS) is 14.4. The van der Waals surface area contributed by atoms with Crippen molar-refractivity contribution in [3.8, 4) is 11.4 Å². The monoisotopic (exact) mass is 477 g/mol. The molecule has 0 atom stereocenters. The molecular formula is C26H25ClFN5O. The van der Waals surface area contributed by atoms with Crippen LogP contribution < -0.4 is 5.32 Å².